The monoisotopic (exact) mass is 212 g/mol. The van der Waals surface area contributed by atoms with Crippen molar-refractivity contribution < 1.29 is 9.59 Å². The van der Waals surface area contributed by atoms with Gasteiger partial charge >= 0.3 is 0 Å². The van der Waals surface area contributed by atoms with Crippen molar-refractivity contribution >= 4 is 11.6 Å². The Balaban J connectivity index is 4.11. The molecule has 0 bridgehead atoms. The number of hydrogen-bond acceptors (Lipinski definition) is 2. The van der Waals surface area contributed by atoms with Gasteiger partial charge < -0.3 is 0 Å². The molecule has 15 heavy (non-hydrogen) atoms. The fourth-order valence-electron chi connectivity index (χ4n) is 1.32. The molecule has 0 aromatic heterocycles. The smallest absolute Gasteiger partial charge is 0.135 e. The molecule has 0 fully saturated rings. The minimum atomic E-state index is -0.243. The van der Waals surface area contributed by atoms with E-state index in [0.717, 1.165) is 19.3 Å². The maximum atomic E-state index is 11.3. The van der Waals surface area contributed by atoms with E-state index in [9.17, 15) is 9.59 Å². The van der Waals surface area contributed by atoms with Crippen molar-refractivity contribution in [1.29, 1.82) is 0 Å². The summed E-state index contributed by atoms with van der Waals surface area (Å²) in [5.74, 6) is 0.450. The van der Waals surface area contributed by atoms with E-state index in [1.54, 1.807) is 13.8 Å². The summed E-state index contributed by atoms with van der Waals surface area (Å²) in [5.41, 5.74) is -0.486. The van der Waals surface area contributed by atoms with E-state index in [2.05, 4.69) is 0 Å². The molecule has 0 aliphatic heterocycles. The molecule has 0 radical (unpaired) electrons. The average molecular weight is 212 g/mol. The normalized spacial score (nSPS) is 12.7. The molecule has 0 saturated heterocycles. The molecule has 0 rings (SSSR count). The van der Waals surface area contributed by atoms with Crippen LogP contribution in [0.3, 0.4) is 0 Å². The Morgan fingerprint density at radius 1 is 0.800 bits per heavy atom. The summed E-state index contributed by atoms with van der Waals surface area (Å²) in [5, 5.41) is 0. The Bertz CT molecular complexity index is 223. The van der Waals surface area contributed by atoms with Gasteiger partial charge in [0.15, 0.2) is 0 Å². The summed E-state index contributed by atoms with van der Waals surface area (Å²) >= 11 is 0. The lowest BCUT2D eigenvalue weighted by Gasteiger charge is -2.25. The fourth-order valence-corrected chi connectivity index (χ4v) is 1.32. The molecule has 0 atom stereocenters. The third-order valence-electron chi connectivity index (χ3n) is 3.51. The van der Waals surface area contributed by atoms with Gasteiger partial charge in [-0.15, -0.1) is 0 Å². The van der Waals surface area contributed by atoms with Crippen molar-refractivity contribution in [3.8, 4) is 0 Å². The van der Waals surface area contributed by atoms with Gasteiger partial charge in [0.05, 0.1) is 0 Å². The second-order valence-electron chi connectivity index (χ2n) is 5.73. The molecule has 0 unspecified atom stereocenters. The second-order valence-corrected chi connectivity index (χ2v) is 5.73. The fraction of sp³-hybridized carbons (Fsp3) is 0.846. The summed E-state index contributed by atoms with van der Waals surface area (Å²) in [4.78, 5) is 22.6. The molecule has 2 nitrogen and oxygen atoms in total. The van der Waals surface area contributed by atoms with Crippen molar-refractivity contribution in [2.45, 2.75) is 60.8 Å². The van der Waals surface area contributed by atoms with E-state index in [4.69, 9.17) is 0 Å². The lowest BCUT2D eigenvalue weighted by atomic mass is 9.78. The minimum Gasteiger partial charge on any atom is -0.299 e. The number of carbonyl (C=O) groups excluding carboxylic acids is 2. The Labute approximate surface area is 93.4 Å². The molecule has 0 heterocycles. The highest BCUT2D eigenvalue weighted by Gasteiger charge is 2.27. The highest BCUT2D eigenvalue weighted by atomic mass is 16.1. The first-order valence-electron chi connectivity index (χ1n) is 5.62. The van der Waals surface area contributed by atoms with Crippen molar-refractivity contribution in [3.05, 3.63) is 0 Å². The Hall–Kier alpha value is -0.660. The zero-order valence-electron chi connectivity index (χ0n) is 10.9. The van der Waals surface area contributed by atoms with Gasteiger partial charge in [-0.05, 0) is 26.7 Å². The molecule has 2 heteroatoms. The summed E-state index contributed by atoms with van der Waals surface area (Å²) in [6.45, 7) is 11.1. The van der Waals surface area contributed by atoms with Crippen LogP contribution < -0.4 is 0 Å². The SMILES string of the molecule is CC(=O)C(C)(C)CCCC(C)(C)C(C)=O. The standard InChI is InChI=1S/C13H24O2/c1-10(14)12(3,4)8-7-9-13(5,6)11(2)15/h7-9H2,1-6H3. The van der Waals surface area contributed by atoms with Crippen LogP contribution in [0.5, 0.6) is 0 Å². The third-order valence-corrected chi connectivity index (χ3v) is 3.51. The van der Waals surface area contributed by atoms with E-state index in [1.807, 2.05) is 27.7 Å². The number of hydrogen-bond donors (Lipinski definition) is 0. The molecule has 0 aromatic carbocycles. The van der Waals surface area contributed by atoms with Crippen LogP contribution in [0.2, 0.25) is 0 Å². The first-order valence-corrected chi connectivity index (χ1v) is 5.62. The minimum absolute atomic E-state index is 0.225. The van der Waals surface area contributed by atoms with E-state index in [0.29, 0.717) is 0 Å². The Kier molecular flexibility index (Phi) is 4.69. The van der Waals surface area contributed by atoms with Gasteiger partial charge in [-0.3, -0.25) is 9.59 Å². The highest BCUT2D eigenvalue weighted by molar-refractivity contribution is 5.82. The van der Waals surface area contributed by atoms with Gasteiger partial charge in [0.2, 0.25) is 0 Å². The van der Waals surface area contributed by atoms with E-state index >= 15 is 0 Å². The van der Waals surface area contributed by atoms with Crippen LogP contribution in [0.1, 0.15) is 60.8 Å². The van der Waals surface area contributed by atoms with Gasteiger partial charge in [-0.1, -0.05) is 34.1 Å². The molecule has 0 aromatic rings. The first-order chi connectivity index (χ1) is 6.59. The maximum absolute atomic E-state index is 11.3. The van der Waals surface area contributed by atoms with Crippen molar-refractivity contribution in [2.75, 3.05) is 0 Å². The molecule has 0 aliphatic carbocycles. The summed E-state index contributed by atoms with van der Waals surface area (Å²) in [6.07, 6.45) is 2.65. The Morgan fingerprint density at radius 2 is 1.07 bits per heavy atom. The van der Waals surface area contributed by atoms with Crippen molar-refractivity contribution in [2.24, 2.45) is 10.8 Å². The lowest BCUT2D eigenvalue weighted by molar-refractivity contribution is -0.125. The van der Waals surface area contributed by atoms with Gasteiger partial charge in [-0.2, -0.15) is 0 Å². The summed E-state index contributed by atoms with van der Waals surface area (Å²) in [7, 11) is 0. The van der Waals surface area contributed by atoms with Crippen LogP contribution >= 0.6 is 0 Å². The Morgan fingerprint density at radius 3 is 1.27 bits per heavy atom. The molecule has 0 spiro atoms. The third kappa shape index (κ3) is 4.59. The largest absolute Gasteiger partial charge is 0.299 e. The van der Waals surface area contributed by atoms with Gasteiger partial charge in [0, 0.05) is 10.8 Å². The summed E-state index contributed by atoms with van der Waals surface area (Å²) in [6, 6.07) is 0. The molecule has 0 N–H and O–H groups in total. The average Bonchev–Trinajstić information content (AvgIpc) is 2.02. The van der Waals surface area contributed by atoms with Crippen LogP contribution in [0.4, 0.5) is 0 Å². The van der Waals surface area contributed by atoms with Crippen LogP contribution in [-0.4, -0.2) is 11.6 Å². The zero-order valence-corrected chi connectivity index (χ0v) is 10.9. The molecular weight excluding hydrogens is 188 g/mol. The molecule has 0 amide bonds. The lowest BCUT2D eigenvalue weighted by Crippen LogP contribution is -2.24. The van der Waals surface area contributed by atoms with Crippen LogP contribution in [0, 0.1) is 10.8 Å². The van der Waals surface area contributed by atoms with E-state index in [1.165, 1.54) is 0 Å². The second kappa shape index (κ2) is 4.91. The number of Topliss-reactive ketones (excluding diaryl/α,β-unsaturated/α-hetero) is 2. The number of ketones is 2. The quantitative estimate of drug-likeness (QED) is 0.676. The van der Waals surface area contributed by atoms with Crippen LogP contribution in [-0.2, 0) is 9.59 Å². The predicted octanol–water partition coefficient (Wildman–Crippen LogP) is 3.39. The maximum Gasteiger partial charge on any atom is 0.135 e. The molecule has 0 saturated carbocycles. The van der Waals surface area contributed by atoms with Gasteiger partial charge in [-0.25, -0.2) is 0 Å². The van der Waals surface area contributed by atoms with Crippen molar-refractivity contribution in [3.63, 3.8) is 0 Å². The van der Waals surface area contributed by atoms with Crippen LogP contribution in [0.15, 0.2) is 0 Å². The number of rotatable bonds is 6. The zero-order chi connectivity index (χ0) is 12.3. The van der Waals surface area contributed by atoms with Gasteiger partial charge in [0.1, 0.15) is 11.6 Å². The summed E-state index contributed by atoms with van der Waals surface area (Å²) < 4.78 is 0. The van der Waals surface area contributed by atoms with E-state index < -0.39 is 0 Å². The number of carbonyl (C=O) groups is 2. The van der Waals surface area contributed by atoms with Gasteiger partial charge in [0.25, 0.3) is 0 Å². The molecular formula is C13H24O2. The predicted molar refractivity (Wildman–Crippen MR) is 62.8 cm³/mol. The highest BCUT2D eigenvalue weighted by Crippen LogP contribution is 2.30. The first kappa shape index (κ1) is 14.3. The van der Waals surface area contributed by atoms with Crippen molar-refractivity contribution in [1.82, 2.24) is 0 Å². The topological polar surface area (TPSA) is 34.1 Å². The van der Waals surface area contributed by atoms with E-state index in [-0.39, 0.29) is 22.4 Å². The van der Waals surface area contributed by atoms with Crippen LogP contribution in [0.25, 0.3) is 0 Å². The molecule has 0 aliphatic rings. The molecule has 88 valence electrons.